The van der Waals surface area contributed by atoms with Crippen molar-refractivity contribution in [2.24, 2.45) is 0 Å². The van der Waals surface area contributed by atoms with Gasteiger partial charge in [0.25, 0.3) is 11.6 Å². The molecule has 0 fully saturated rings. The van der Waals surface area contributed by atoms with E-state index in [1.807, 2.05) is 6.92 Å². The van der Waals surface area contributed by atoms with Crippen LogP contribution in [-0.2, 0) is 11.5 Å². The number of nitrogens with zero attached hydrogens (tertiary/aromatic N) is 3. The molecule has 116 valence electrons. The predicted octanol–water partition coefficient (Wildman–Crippen LogP) is 2.35. The van der Waals surface area contributed by atoms with Crippen LogP contribution in [0.4, 0.5) is 11.4 Å². The first-order valence-electron chi connectivity index (χ1n) is 6.68. The number of hydrogen-bond donors (Lipinski definition) is 1. The van der Waals surface area contributed by atoms with E-state index in [9.17, 15) is 14.9 Å². The molecule has 8 heteroatoms. The number of nitrogens with one attached hydrogen (secondary N) is 1. The largest absolute Gasteiger partial charge is 0.360 e. The van der Waals surface area contributed by atoms with Crippen LogP contribution in [0.15, 0.2) is 30.6 Å². The van der Waals surface area contributed by atoms with Crippen molar-refractivity contribution < 1.29 is 14.5 Å². The fraction of sp³-hybridized carbons (Fsp3) is 0.286. The third-order valence-electron chi connectivity index (χ3n) is 3.07. The number of carbonyl (C=O) groups is 1. The first-order chi connectivity index (χ1) is 10.5. The van der Waals surface area contributed by atoms with Gasteiger partial charge in [-0.15, -0.1) is 0 Å². The molecule has 1 aromatic heterocycles. The molecule has 0 spiro atoms. The molecule has 22 heavy (non-hydrogen) atoms. The molecule has 0 aliphatic carbocycles. The third kappa shape index (κ3) is 3.47. The van der Waals surface area contributed by atoms with E-state index < -0.39 is 10.8 Å². The number of hydrogen-bond acceptors (Lipinski definition) is 5. The van der Waals surface area contributed by atoms with Crippen LogP contribution in [-0.4, -0.2) is 27.2 Å². The Morgan fingerprint density at radius 1 is 1.50 bits per heavy atom. The van der Waals surface area contributed by atoms with E-state index in [0.29, 0.717) is 24.6 Å². The number of ether oxygens (including phenoxy) is 1. The van der Waals surface area contributed by atoms with Crippen LogP contribution in [0.1, 0.15) is 22.8 Å². The number of amides is 1. The molecule has 1 heterocycles. The lowest BCUT2D eigenvalue weighted by molar-refractivity contribution is -0.385. The third-order valence-corrected chi connectivity index (χ3v) is 3.07. The minimum atomic E-state index is -0.508. The number of rotatable bonds is 6. The summed E-state index contributed by atoms with van der Waals surface area (Å²) < 4.78 is 6.74. The van der Waals surface area contributed by atoms with Crippen molar-refractivity contribution in [3.8, 4) is 0 Å². The molecule has 0 aliphatic heterocycles. The van der Waals surface area contributed by atoms with Crippen LogP contribution < -0.4 is 5.32 Å². The Balaban J connectivity index is 2.14. The molecule has 0 unspecified atom stereocenters. The van der Waals surface area contributed by atoms with E-state index in [1.54, 1.807) is 23.9 Å². The van der Waals surface area contributed by atoms with Gasteiger partial charge in [0.05, 0.1) is 23.0 Å². The lowest BCUT2D eigenvalue weighted by atomic mass is 10.1. The molecule has 2 rings (SSSR count). The summed E-state index contributed by atoms with van der Waals surface area (Å²) in [6.45, 7) is 4.28. The van der Waals surface area contributed by atoms with Gasteiger partial charge in [-0.05, 0) is 19.9 Å². The van der Waals surface area contributed by atoms with E-state index >= 15 is 0 Å². The van der Waals surface area contributed by atoms with Gasteiger partial charge >= 0.3 is 0 Å². The summed E-state index contributed by atoms with van der Waals surface area (Å²) >= 11 is 0. The van der Waals surface area contributed by atoms with Gasteiger partial charge in [0.2, 0.25) is 0 Å². The SMILES string of the molecule is CCOCn1cc(NC(=O)c2cccc([N+](=O)[O-])c2C)cn1. The summed E-state index contributed by atoms with van der Waals surface area (Å²) in [4.78, 5) is 22.6. The Morgan fingerprint density at radius 2 is 2.27 bits per heavy atom. The quantitative estimate of drug-likeness (QED) is 0.652. The zero-order valence-electron chi connectivity index (χ0n) is 12.3. The zero-order chi connectivity index (χ0) is 16.1. The van der Waals surface area contributed by atoms with E-state index in [2.05, 4.69) is 10.4 Å². The summed E-state index contributed by atoms with van der Waals surface area (Å²) in [5, 5.41) is 17.6. The number of carbonyl (C=O) groups excluding carboxylic acids is 1. The molecule has 1 amide bonds. The summed E-state index contributed by atoms with van der Waals surface area (Å²) in [5.41, 5.74) is 0.994. The minimum absolute atomic E-state index is 0.0836. The van der Waals surface area contributed by atoms with Crippen molar-refractivity contribution in [3.05, 3.63) is 51.8 Å². The van der Waals surface area contributed by atoms with Crippen LogP contribution in [0.2, 0.25) is 0 Å². The number of nitro groups is 1. The molecule has 0 saturated heterocycles. The smallest absolute Gasteiger partial charge is 0.273 e. The summed E-state index contributed by atoms with van der Waals surface area (Å²) in [6.07, 6.45) is 3.11. The first kappa shape index (κ1) is 15.6. The van der Waals surface area contributed by atoms with Gasteiger partial charge in [0, 0.05) is 23.8 Å². The molecule has 1 N–H and O–H groups in total. The molecule has 0 aliphatic rings. The Labute approximate surface area is 126 Å². The summed E-state index contributed by atoms with van der Waals surface area (Å²) in [6, 6.07) is 4.40. The molecule has 0 saturated carbocycles. The Kier molecular flexibility index (Phi) is 4.84. The maximum absolute atomic E-state index is 12.2. The fourth-order valence-corrected chi connectivity index (χ4v) is 1.95. The standard InChI is InChI=1S/C14H16N4O4/c1-3-22-9-17-8-11(7-15-17)16-14(19)12-5-4-6-13(10(12)2)18(20)21/h4-8H,3,9H2,1-2H3,(H,16,19). The second kappa shape index (κ2) is 6.81. The van der Waals surface area contributed by atoms with Crippen molar-refractivity contribution in [2.45, 2.75) is 20.6 Å². The monoisotopic (exact) mass is 304 g/mol. The lowest BCUT2D eigenvalue weighted by Gasteiger charge is -2.06. The highest BCUT2D eigenvalue weighted by atomic mass is 16.6. The van der Waals surface area contributed by atoms with Crippen molar-refractivity contribution >= 4 is 17.3 Å². The molecular formula is C14H16N4O4. The van der Waals surface area contributed by atoms with Gasteiger partial charge in [-0.3, -0.25) is 14.9 Å². The van der Waals surface area contributed by atoms with Crippen LogP contribution in [0.3, 0.4) is 0 Å². The van der Waals surface area contributed by atoms with E-state index in [4.69, 9.17) is 4.74 Å². The lowest BCUT2D eigenvalue weighted by Crippen LogP contribution is -2.13. The molecular weight excluding hydrogens is 288 g/mol. The first-order valence-corrected chi connectivity index (χ1v) is 6.68. The van der Waals surface area contributed by atoms with Crippen LogP contribution >= 0.6 is 0 Å². The van der Waals surface area contributed by atoms with Gasteiger partial charge in [-0.2, -0.15) is 5.10 Å². The highest BCUT2D eigenvalue weighted by molar-refractivity contribution is 6.05. The number of benzene rings is 1. The van der Waals surface area contributed by atoms with Crippen molar-refractivity contribution in [1.29, 1.82) is 0 Å². The number of nitro benzene ring substituents is 1. The molecule has 0 atom stereocenters. The Bertz CT molecular complexity index is 696. The maximum atomic E-state index is 12.2. The van der Waals surface area contributed by atoms with Crippen LogP contribution in [0.5, 0.6) is 0 Å². The molecule has 2 aromatic rings. The zero-order valence-corrected chi connectivity index (χ0v) is 12.3. The Hall–Kier alpha value is -2.74. The fourth-order valence-electron chi connectivity index (χ4n) is 1.95. The van der Waals surface area contributed by atoms with E-state index in [0.717, 1.165) is 0 Å². The second-order valence-electron chi connectivity index (χ2n) is 4.55. The van der Waals surface area contributed by atoms with E-state index in [-0.39, 0.29) is 11.3 Å². The predicted molar refractivity (Wildman–Crippen MR) is 79.6 cm³/mol. The second-order valence-corrected chi connectivity index (χ2v) is 4.55. The van der Waals surface area contributed by atoms with Gasteiger partial charge in [0.1, 0.15) is 6.73 Å². The molecule has 1 aromatic carbocycles. The highest BCUT2D eigenvalue weighted by Crippen LogP contribution is 2.22. The molecule has 0 radical (unpaired) electrons. The molecule has 8 nitrogen and oxygen atoms in total. The van der Waals surface area contributed by atoms with Gasteiger partial charge in [0.15, 0.2) is 0 Å². The topological polar surface area (TPSA) is 99.3 Å². The van der Waals surface area contributed by atoms with E-state index in [1.165, 1.54) is 18.3 Å². The average molecular weight is 304 g/mol. The van der Waals surface area contributed by atoms with Crippen LogP contribution in [0, 0.1) is 17.0 Å². The van der Waals surface area contributed by atoms with Crippen molar-refractivity contribution in [1.82, 2.24) is 9.78 Å². The maximum Gasteiger partial charge on any atom is 0.273 e. The Morgan fingerprint density at radius 3 is 2.95 bits per heavy atom. The van der Waals surface area contributed by atoms with Crippen LogP contribution in [0.25, 0.3) is 0 Å². The van der Waals surface area contributed by atoms with Crippen molar-refractivity contribution in [2.75, 3.05) is 11.9 Å². The minimum Gasteiger partial charge on any atom is -0.360 e. The van der Waals surface area contributed by atoms with Crippen molar-refractivity contribution in [3.63, 3.8) is 0 Å². The van der Waals surface area contributed by atoms with Gasteiger partial charge < -0.3 is 10.1 Å². The summed E-state index contributed by atoms with van der Waals surface area (Å²) in [7, 11) is 0. The van der Waals surface area contributed by atoms with Gasteiger partial charge in [-0.25, -0.2) is 4.68 Å². The summed E-state index contributed by atoms with van der Waals surface area (Å²) in [5.74, 6) is -0.419. The molecule has 0 bridgehead atoms. The number of aromatic nitrogens is 2. The highest BCUT2D eigenvalue weighted by Gasteiger charge is 2.18. The van der Waals surface area contributed by atoms with Gasteiger partial charge in [-0.1, -0.05) is 6.07 Å². The number of anilines is 1. The normalized spacial score (nSPS) is 10.5. The average Bonchev–Trinajstić information content (AvgIpc) is 2.92.